The van der Waals surface area contributed by atoms with E-state index in [1.807, 2.05) is 6.92 Å². The Bertz CT molecular complexity index is 597. The standard InChI is InChI=1S/C15H20ClF3N4O/c1-9-6-11(20)3-5-23(9)13(24)2-4-21-14-12(16)7-10(8-22-14)15(17,18)19/h7-9,11H,2-6,20H2,1H3,(H,21,22)/t9-,11-/m0/s1. The van der Waals surface area contributed by atoms with Gasteiger partial charge in [-0.1, -0.05) is 11.6 Å². The van der Waals surface area contributed by atoms with Gasteiger partial charge in [0.15, 0.2) is 0 Å². The maximum Gasteiger partial charge on any atom is 0.417 e. The van der Waals surface area contributed by atoms with Crippen LogP contribution in [-0.4, -0.2) is 41.0 Å². The van der Waals surface area contributed by atoms with Gasteiger partial charge in [0, 0.05) is 37.8 Å². The highest BCUT2D eigenvalue weighted by atomic mass is 35.5. The molecule has 5 nitrogen and oxygen atoms in total. The molecule has 2 rings (SSSR count). The summed E-state index contributed by atoms with van der Waals surface area (Å²) in [5, 5.41) is 2.67. The fourth-order valence-electron chi connectivity index (χ4n) is 2.73. The number of nitrogens with two attached hydrogens (primary N) is 1. The third-order valence-corrected chi connectivity index (χ3v) is 4.32. The normalized spacial score (nSPS) is 21.7. The SMILES string of the molecule is C[C@H]1C[C@@H](N)CCN1C(=O)CCNc1ncc(C(F)(F)F)cc1Cl. The van der Waals surface area contributed by atoms with Gasteiger partial charge in [0.05, 0.1) is 10.6 Å². The van der Waals surface area contributed by atoms with Gasteiger partial charge >= 0.3 is 6.18 Å². The lowest BCUT2D eigenvalue weighted by molar-refractivity contribution is -0.138. The Kier molecular flexibility index (Phi) is 5.92. The molecular formula is C15H20ClF3N4O. The van der Waals surface area contributed by atoms with E-state index in [9.17, 15) is 18.0 Å². The monoisotopic (exact) mass is 364 g/mol. The van der Waals surface area contributed by atoms with Crippen molar-refractivity contribution in [1.29, 1.82) is 0 Å². The van der Waals surface area contributed by atoms with Gasteiger partial charge < -0.3 is 16.0 Å². The van der Waals surface area contributed by atoms with Crippen LogP contribution in [0.2, 0.25) is 5.02 Å². The van der Waals surface area contributed by atoms with Gasteiger partial charge in [-0.2, -0.15) is 13.2 Å². The summed E-state index contributed by atoms with van der Waals surface area (Å²) in [7, 11) is 0. The molecule has 24 heavy (non-hydrogen) atoms. The Balaban J connectivity index is 1.87. The predicted octanol–water partition coefficient (Wildman–Crippen LogP) is 2.89. The van der Waals surface area contributed by atoms with Crippen molar-refractivity contribution in [1.82, 2.24) is 9.88 Å². The lowest BCUT2D eigenvalue weighted by Crippen LogP contribution is -2.48. The Morgan fingerprint density at radius 1 is 1.54 bits per heavy atom. The van der Waals surface area contributed by atoms with E-state index in [0.717, 1.165) is 18.9 Å². The van der Waals surface area contributed by atoms with E-state index in [4.69, 9.17) is 17.3 Å². The molecule has 1 aliphatic rings. The molecule has 1 aliphatic heterocycles. The summed E-state index contributed by atoms with van der Waals surface area (Å²) in [5.74, 6) is 0.108. The number of rotatable bonds is 4. The number of alkyl halides is 3. The molecule has 2 atom stereocenters. The summed E-state index contributed by atoms with van der Waals surface area (Å²) in [6.07, 6.45) is -2.03. The van der Waals surface area contributed by atoms with Crippen LogP contribution in [0.3, 0.4) is 0 Å². The molecule has 9 heteroatoms. The number of piperidine rings is 1. The molecule has 2 heterocycles. The Morgan fingerprint density at radius 2 is 2.25 bits per heavy atom. The molecule has 1 saturated heterocycles. The van der Waals surface area contributed by atoms with E-state index in [1.165, 1.54) is 0 Å². The molecule has 0 unspecified atom stereocenters. The van der Waals surface area contributed by atoms with Gasteiger partial charge in [-0.3, -0.25) is 4.79 Å². The molecule has 1 aromatic heterocycles. The number of nitrogens with zero attached hydrogens (tertiary/aromatic N) is 2. The van der Waals surface area contributed by atoms with E-state index in [0.29, 0.717) is 12.7 Å². The fraction of sp³-hybridized carbons (Fsp3) is 0.600. The first-order valence-corrected chi connectivity index (χ1v) is 8.08. The molecule has 1 fully saturated rings. The van der Waals surface area contributed by atoms with E-state index >= 15 is 0 Å². The number of pyridine rings is 1. The average Bonchev–Trinajstić information content (AvgIpc) is 2.47. The van der Waals surface area contributed by atoms with Gasteiger partial charge in [-0.15, -0.1) is 0 Å². The average molecular weight is 365 g/mol. The van der Waals surface area contributed by atoms with Crippen molar-refractivity contribution in [2.24, 2.45) is 5.73 Å². The second-order valence-electron chi connectivity index (χ2n) is 5.95. The minimum Gasteiger partial charge on any atom is -0.368 e. The number of aromatic nitrogens is 1. The van der Waals surface area contributed by atoms with Gasteiger partial charge in [0.1, 0.15) is 5.82 Å². The van der Waals surface area contributed by atoms with Crippen LogP contribution in [0.1, 0.15) is 31.7 Å². The Hall–Kier alpha value is -1.54. The van der Waals surface area contributed by atoms with Crippen molar-refractivity contribution in [3.05, 3.63) is 22.8 Å². The van der Waals surface area contributed by atoms with Crippen LogP contribution in [-0.2, 0) is 11.0 Å². The number of hydrogen-bond acceptors (Lipinski definition) is 4. The zero-order valence-electron chi connectivity index (χ0n) is 13.2. The number of carbonyl (C=O) groups is 1. The summed E-state index contributed by atoms with van der Waals surface area (Å²) in [4.78, 5) is 17.7. The summed E-state index contributed by atoms with van der Waals surface area (Å²) >= 11 is 5.80. The van der Waals surface area contributed by atoms with Gasteiger partial charge in [0.2, 0.25) is 5.91 Å². The second-order valence-corrected chi connectivity index (χ2v) is 6.36. The van der Waals surface area contributed by atoms with Crippen LogP contribution in [0.5, 0.6) is 0 Å². The molecule has 0 spiro atoms. The number of hydrogen-bond donors (Lipinski definition) is 2. The van der Waals surface area contributed by atoms with E-state index < -0.39 is 11.7 Å². The van der Waals surface area contributed by atoms with Crippen molar-refractivity contribution in [2.45, 2.75) is 44.4 Å². The largest absolute Gasteiger partial charge is 0.417 e. The van der Waals surface area contributed by atoms with Gasteiger partial charge in [-0.05, 0) is 25.8 Å². The number of nitrogens with one attached hydrogen (secondary N) is 1. The molecule has 134 valence electrons. The quantitative estimate of drug-likeness (QED) is 0.861. The molecule has 0 aliphatic carbocycles. The highest BCUT2D eigenvalue weighted by Crippen LogP contribution is 2.32. The van der Waals surface area contributed by atoms with E-state index in [-0.39, 0.29) is 41.8 Å². The van der Waals surface area contributed by atoms with Crippen LogP contribution in [0.4, 0.5) is 19.0 Å². The van der Waals surface area contributed by atoms with Crippen molar-refractivity contribution < 1.29 is 18.0 Å². The van der Waals surface area contributed by atoms with Crippen LogP contribution in [0, 0.1) is 0 Å². The lowest BCUT2D eigenvalue weighted by Gasteiger charge is -2.36. The molecule has 0 bridgehead atoms. The topological polar surface area (TPSA) is 71.2 Å². The molecule has 1 aromatic rings. The van der Waals surface area contributed by atoms with Crippen molar-refractivity contribution in [3.63, 3.8) is 0 Å². The first-order chi connectivity index (χ1) is 11.2. The summed E-state index contributed by atoms with van der Waals surface area (Å²) in [5.41, 5.74) is 4.96. The number of amides is 1. The molecule has 3 N–H and O–H groups in total. The Morgan fingerprint density at radius 3 is 2.83 bits per heavy atom. The second kappa shape index (κ2) is 7.57. The number of carbonyl (C=O) groups excluding carboxylic acids is 1. The maximum absolute atomic E-state index is 12.5. The highest BCUT2D eigenvalue weighted by molar-refractivity contribution is 6.32. The smallest absolute Gasteiger partial charge is 0.368 e. The molecule has 1 amide bonds. The molecule has 0 saturated carbocycles. The first-order valence-electron chi connectivity index (χ1n) is 7.70. The van der Waals surface area contributed by atoms with E-state index in [1.54, 1.807) is 4.90 Å². The van der Waals surface area contributed by atoms with Crippen LogP contribution in [0.25, 0.3) is 0 Å². The zero-order chi connectivity index (χ0) is 17.9. The van der Waals surface area contributed by atoms with E-state index in [2.05, 4.69) is 10.3 Å². The van der Waals surface area contributed by atoms with Crippen LogP contribution < -0.4 is 11.1 Å². The number of halogens is 4. The molecule has 0 aromatic carbocycles. The van der Waals surface area contributed by atoms with Gasteiger partial charge in [0.25, 0.3) is 0 Å². The third-order valence-electron chi connectivity index (χ3n) is 4.04. The van der Waals surface area contributed by atoms with Crippen molar-refractivity contribution in [2.75, 3.05) is 18.4 Å². The number of likely N-dealkylation sites (tertiary alicyclic amines) is 1. The van der Waals surface area contributed by atoms with Crippen molar-refractivity contribution >= 4 is 23.3 Å². The third kappa shape index (κ3) is 4.73. The predicted molar refractivity (Wildman–Crippen MR) is 85.7 cm³/mol. The highest BCUT2D eigenvalue weighted by Gasteiger charge is 2.31. The molecule has 0 radical (unpaired) electrons. The zero-order valence-corrected chi connectivity index (χ0v) is 14.0. The Labute approximate surface area is 143 Å². The maximum atomic E-state index is 12.5. The summed E-state index contributed by atoms with van der Waals surface area (Å²) in [6.45, 7) is 2.82. The van der Waals surface area contributed by atoms with Crippen molar-refractivity contribution in [3.8, 4) is 0 Å². The molecular weight excluding hydrogens is 345 g/mol. The van der Waals surface area contributed by atoms with Crippen LogP contribution >= 0.6 is 11.6 Å². The minimum absolute atomic E-state index is 0.0232. The number of anilines is 1. The lowest BCUT2D eigenvalue weighted by atomic mass is 9.99. The van der Waals surface area contributed by atoms with Gasteiger partial charge in [-0.25, -0.2) is 4.98 Å². The summed E-state index contributed by atoms with van der Waals surface area (Å²) in [6, 6.07) is 1.03. The first kappa shape index (κ1) is 18.8. The van der Waals surface area contributed by atoms with Crippen LogP contribution in [0.15, 0.2) is 12.3 Å². The fourth-order valence-corrected chi connectivity index (χ4v) is 2.97. The summed E-state index contributed by atoms with van der Waals surface area (Å²) < 4.78 is 37.6. The minimum atomic E-state index is -4.49.